The highest BCUT2D eigenvalue weighted by Gasteiger charge is 2.02. The minimum atomic E-state index is 0.766. The average molecular weight is 306 g/mol. The third-order valence-electron chi connectivity index (χ3n) is 3.46. The highest BCUT2D eigenvalue weighted by atomic mass is 16.5. The van der Waals surface area contributed by atoms with Crippen LogP contribution in [0.4, 0.5) is 5.82 Å². The zero-order chi connectivity index (χ0) is 15.9. The van der Waals surface area contributed by atoms with Gasteiger partial charge in [0.15, 0.2) is 0 Å². The van der Waals surface area contributed by atoms with E-state index in [-0.39, 0.29) is 0 Å². The Labute approximate surface area is 135 Å². The van der Waals surface area contributed by atoms with E-state index in [0.29, 0.717) is 0 Å². The molecule has 1 aromatic carbocycles. The molecule has 2 aromatic heterocycles. The molecule has 5 heteroatoms. The first-order valence-electron chi connectivity index (χ1n) is 7.44. The second-order valence-electron chi connectivity index (χ2n) is 5.06. The van der Waals surface area contributed by atoms with Crippen LogP contribution in [0.15, 0.2) is 61.2 Å². The summed E-state index contributed by atoms with van der Waals surface area (Å²) in [4.78, 5) is 13.0. The summed E-state index contributed by atoms with van der Waals surface area (Å²) in [5.74, 6) is 1.59. The summed E-state index contributed by atoms with van der Waals surface area (Å²) in [6.07, 6.45) is 8.04. The molecule has 2 heterocycles. The van der Waals surface area contributed by atoms with E-state index in [2.05, 4.69) is 26.3 Å². The molecule has 0 atom stereocenters. The Hall–Kier alpha value is -2.95. The molecule has 0 bridgehead atoms. The molecule has 0 saturated carbocycles. The molecule has 23 heavy (non-hydrogen) atoms. The number of hydrogen-bond donors (Lipinski definition) is 1. The Kier molecular flexibility index (Phi) is 4.79. The van der Waals surface area contributed by atoms with Crippen molar-refractivity contribution >= 4 is 5.82 Å². The molecule has 3 aromatic rings. The van der Waals surface area contributed by atoms with Crippen molar-refractivity contribution in [1.82, 2.24) is 15.0 Å². The number of benzene rings is 1. The first-order valence-corrected chi connectivity index (χ1v) is 7.44. The summed E-state index contributed by atoms with van der Waals surface area (Å²) in [5.41, 5.74) is 3.03. The Balaban J connectivity index is 1.64. The van der Waals surface area contributed by atoms with Gasteiger partial charge in [0.25, 0.3) is 0 Å². The van der Waals surface area contributed by atoms with Crippen LogP contribution in [-0.4, -0.2) is 28.6 Å². The quantitative estimate of drug-likeness (QED) is 0.758. The van der Waals surface area contributed by atoms with Crippen LogP contribution in [0, 0.1) is 0 Å². The maximum absolute atomic E-state index is 5.17. The van der Waals surface area contributed by atoms with Crippen molar-refractivity contribution < 1.29 is 4.74 Å². The first kappa shape index (κ1) is 15.0. The van der Waals surface area contributed by atoms with Crippen molar-refractivity contribution in [3.8, 4) is 17.0 Å². The predicted octanol–water partition coefficient (Wildman–Crippen LogP) is 3.20. The van der Waals surface area contributed by atoms with E-state index in [0.717, 1.165) is 35.8 Å². The van der Waals surface area contributed by atoms with Crippen LogP contribution >= 0.6 is 0 Å². The van der Waals surface area contributed by atoms with E-state index in [1.807, 2.05) is 36.5 Å². The number of anilines is 1. The molecule has 5 nitrogen and oxygen atoms in total. The zero-order valence-electron chi connectivity index (χ0n) is 12.9. The second kappa shape index (κ2) is 7.35. The third-order valence-corrected chi connectivity index (χ3v) is 3.46. The summed E-state index contributed by atoms with van der Waals surface area (Å²) in [7, 11) is 1.65. The molecule has 3 rings (SSSR count). The molecular weight excluding hydrogens is 288 g/mol. The fourth-order valence-electron chi connectivity index (χ4n) is 2.23. The van der Waals surface area contributed by atoms with Gasteiger partial charge in [0.1, 0.15) is 11.6 Å². The van der Waals surface area contributed by atoms with Gasteiger partial charge in [0, 0.05) is 24.5 Å². The average Bonchev–Trinajstić information content (AvgIpc) is 2.63. The topological polar surface area (TPSA) is 59.9 Å². The largest absolute Gasteiger partial charge is 0.497 e. The molecule has 0 spiro atoms. The van der Waals surface area contributed by atoms with Gasteiger partial charge < -0.3 is 10.1 Å². The van der Waals surface area contributed by atoms with Gasteiger partial charge in [-0.3, -0.25) is 9.97 Å². The number of nitrogens with zero attached hydrogens (tertiary/aromatic N) is 3. The van der Waals surface area contributed by atoms with Gasteiger partial charge in [-0.2, -0.15) is 0 Å². The minimum Gasteiger partial charge on any atom is -0.497 e. The predicted molar refractivity (Wildman–Crippen MR) is 90.5 cm³/mol. The third kappa shape index (κ3) is 4.03. The lowest BCUT2D eigenvalue weighted by atomic mass is 10.1. The highest BCUT2D eigenvalue weighted by Crippen LogP contribution is 2.20. The number of rotatable bonds is 6. The molecule has 0 fully saturated rings. The van der Waals surface area contributed by atoms with Crippen molar-refractivity contribution in [3.05, 3.63) is 66.7 Å². The number of hydrogen-bond acceptors (Lipinski definition) is 5. The van der Waals surface area contributed by atoms with Crippen molar-refractivity contribution in [2.24, 2.45) is 0 Å². The van der Waals surface area contributed by atoms with Crippen molar-refractivity contribution in [3.63, 3.8) is 0 Å². The normalized spacial score (nSPS) is 10.3. The van der Waals surface area contributed by atoms with E-state index in [4.69, 9.17) is 4.74 Å². The number of nitrogens with one attached hydrogen (secondary N) is 1. The van der Waals surface area contributed by atoms with Crippen LogP contribution in [0.2, 0.25) is 0 Å². The molecule has 0 aliphatic heterocycles. The molecule has 0 radical (unpaired) electrons. The summed E-state index contributed by atoms with van der Waals surface area (Å²) >= 11 is 0. The maximum Gasteiger partial charge on any atom is 0.145 e. The van der Waals surface area contributed by atoms with E-state index < -0.39 is 0 Å². The molecule has 0 aliphatic carbocycles. The number of aromatic nitrogens is 3. The summed E-state index contributed by atoms with van der Waals surface area (Å²) < 4.78 is 5.17. The van der Waals surface area contributed by atoms with E-state index in [1.165, 1.54) is 5.56 Å². The highest BCUT2D eigenvalue weighted by molar-refractivity contribution is 5.60. The minimum absolute atomic E-state index is 0.766. The van der Waals surface area contributed by atoms with Crippen LogP contribution in [0.5, 0.6) is 5.75 Å². The van der Waals surface area contributed by atoms with Crippen molar-refractivity contribution in [2.45, 2.75) is 6.42 Å². The Morgan fingerprint density at radius 3 is 2.61 bits per heavy atom. The second-order valence-corrected chi connectivity index (χ2v) is 5.06. The van der Waals surface area contributed by atoms with E-state index in [1.54, 1.807) is 25.7 Å². The SMILES string of the molecule is COc1ccc(-c2cncc(NCCc3cccnc3)n2)cc1. The van der Waals surface area contributed by atoms with Crippen molar-refractivity contribution in [1.29, 1.82) is 0 Å². The lowest BCUT2D eigenvalue weighted by Gasteiger charge is -2.07. The monoisotopic (exact) mass is 306 g/mol. The van der Waals surface area contributed by atoms with Crippen LogP contribution in [0.25, 0.3) is 11.3 Å². The van der Waals surface area contributed by atoms with E-state index >= 15 is 0 Å². The van der Waals surface area contributed by atoms with Gasteiger partial charge in [-0.15, -0.1) is 0 Å². The van der Waals surface area contributed by atoms with Gasteiger partial charge in [0.2, 0.25) is 0 Å². The number of ether oxygens (including phenoxy) is 1. The molecule has 0 amide bonds. The summed E-state index contributed by atoms with van der Waals surface area (Å²) in [5, 5.41) is 3.30. The smallest absolute Gasteiger partial charge is 0.145 e. The molecule has 1 N–H and O–H groups in total. The Bertz CT molecular complexity index is 744. The fraction of sp³-hybridized carbons (Fsp3) is 0.167. The van der Waals surface area contributed by atoms with Gasteiger partial charge in [-0.25, -0.2) is 4.98 Å². The lowest BCUT2D eigenvalue weighted by Crippen LogP contribution is -2.07. The standard InChI is InChI=1S/C18H18N4O/c1-23-16-6-4-15(5-7-16)17-12-20-13-18(22-17)21-10-8-14-3-2-9-19-11-14/h2-7,9,11-13H,8,10H2,1H3,(H,21,22). The maximum atomic E-state index is 5.17. The van der Waals surface area contributed by atoms with Gasteiger partial charge in [-0.05, 0) is 42.3 Å². The van der Waals surface area contributed by atoms with Gasteiger partial charge in [0.05, 0.1) is 25.2 Å². The molecule has 0 aliphatic rings. The summed E-state index contributed by atoms with van der Waals surface area (Å²) in [6, 6.07) is 11.8. The number of pyridine rings is 1. The Morgan fingerprint density at radius 1 is 1.00 bits per heavy atom. The molecule has 0 unspecified atom stereocenters. The Morgan fingerprint density at radius 2 is 1.87 bits per heavy atom. The number of methoxy groups -OCH3 is 1. The van der Waals surface area contributed by atoms with Crippen molar-refractivity contribution in [2.75, 3.05) is 19.0 Å². The van der Waals surface area contributed by atoms with E-state index in [9.17, 15) is 0 Å². The van der Waals surface area contributed by atoms with Crippen LogP contribution in [-0.2, 0) is 6.42 Å². The van der Waals surface area contributed by atoms with Crippen LogP contribution < -0.4 is 10.1 Å². The molecule has 116 valence electrons. The molecule has 0 saturated heterocycles. The van der Waals surface area contributed by atoms with Gasteiger partial charge in [-0.1, -0.05) is 6.07 Å². The van der Waals surface area contributed by atoms with Crippen LogP contribution in [0.1, 0.15) is 5.56 Å². The van der Waals surface area contributed by atoms with Gasteiger partial charge >= 0.3 is 0 Å². The lowest BCUT2D eigenvalue weighted by molar-refractivity contribution is 0.415. The zero-order valence-corrected chi connectivity index (χ0v) is 12.9. The fourth-order valence-corrected chi connectivity index (χ4v) is 2.23. The molecular formula is C18H18N4O. The van der Waals surface area contributed by atoms with Crippen LogP contribution in [0.3, 0.4) is 0 Å². The first-order chi connectivity index (χ1) is 11.3. The summed E-state index contributed by atoms with van der Waals surface area (Å²) in [6.45, 7) is 0.784.